The molecule has 1 aliphatic heterocycles. The molecule has 0 spiro atoms. The van der Waals surface area contributed by atoms with Crippen molar-refractivity contribution in [2.24, 2.45) is 5.92 Å². The second kappa shape index (κ2) is 9.62. The number of rotatable bonds is 6. The van der Waals surface area contributed by atoms with E-state index < -0.39 is 0 Å². The van der Waals surface area contributed by atoms with E-state index in [1.165, 1.54) is 0 Å². The first-order valence-corrected chi connectivity index (χ1v) is 12.2. The molecule has 8 nitrogen and oxygen atoms in total. The minimum atomic E-state index is -0.329. The van der Waals surface area contributed by atoms with Gasteiger partial charge in [-0.05, 0) is 97.1 Å². The molecule has 1 unspecified atom stereocenters. The summed E-state index contributed by atoms with van der Waals surface area (Å²) >= 11 is 0. The van der Waals surface area contributed by atoms with Crippen molar-refractivity contribution in [1.82, 2.24) is 30.1 Å². The van der Waals surface area contributed by atoms with E-state index >= 15 is 0 Å². The Bertz CT molecular complexity index is 1380. The normalized spacial score (nSPS) is 16.0. The molecule has 1 saturated heterocycles. The average molecular weight is 473 g/mol. The number of hydrogen-bond donors (Lipinski definition) is 1. The van der Waals surface area contributed by atoms with Gasteiger partial charge in [0, 0.05) is 16.5 Å². The molecule has 2 aromatic carbocycles. The summed E-state index contributed by atoms with van der Waals surface area (Å²) in [7, 11) is 1.66. The number of methoxy groups -OCH3 is 1. The van der Waals surface area contributed by atoms with Crippen molar-refractivity contribution < 1.29 is 4.74 Å². The molecule has 4 aromatic rings. The molecule has 0 saturated carbocycles. The van der Waals surface area contributed by atoms with Crippen LogP contribution in [-0.4, -0.2) is 50.3 Å². The van der Waals surface area contributed by atoms with E-state index in [-0.39, 0.29) is 11.6 Å². The predicted octanol–water partition coefficient (Wildman–Crippen LogP) is 4.01. The van der Waals surface area contributed by atoms with Crippen molar-refractivity contribution in [2.45, 2.75) is 46.2 Å². The average Bonchev–Trinajstić information content (AvgIpc) is 3.29. The fraction of sp³-hybridized carbons (Fsp3) is 0.407. The molecule has 8 heteroatoms. The summed E-state index contributed by atoms with van der Waals surface area (Å²) < 4.78 is 7.10. The Labute approximate surface area is 204 Å². The molecule has 0 aliphatic carbocycles. The number of aryl methyl sites for hydroxylation is 2. The van der Waals surface area contributed by atoms with Gasteiger partial charge in [0.15, 0.2) is 5.82 Å². The molecule has 35 heavy (non-hydrogen) atoms. The monoisotopic (exact) mass is 472 g/mol. The number of tetrazole rings is 1. The van der Waals surface area contributed by atoms with Gasteiger partial charge in [-0.25, -0.2) is 4.68 Å². The Morgan fingerprint density at radius 1 is 1.11 bits per heavy atom. The number of hydrogen-bond acceptors (Lipinski definition) is 6. The number of H-pyrrole nitrogens is 1. The maximum atomic E-state index is 13.5. The van der Waals surface area contributed by atoms with Gasteiger partial charge in [-0.3, -0.25) is 9.69 Å². The Morgan fingerprint density at radius 2 is 1.86 bits per heavy atom. The van der Waals surface area contributed by atoms with Gasteiger partial charge in [0.05, 0.1) is 13.7 Å². The number of piperidine rings is 1. The molecule has 5 rings (SSSR count). The van der Waals surface area contributed by atoms with Crippen molar-refractivity contribution in [1.29, 1.82) is 0 Å². The first-order chi connectivity index (χ1) is 16.9. The number of fused-ring (bicyclic) bond motifs is 1. The largest absolute Gasteiger partial charge is 0.497 e. The highest BCUT2D eigenvalue weighted by Crippen LogP contribution is 2.31. The first-order valence-electron chi connectivity index (χ1n) is 12.2. The second-order valence-corrected chi connectivity index (χ2v) is 9.76. The van der Waals surface area contributed by atoms with E-state index in [0.717, 1.165) is 59.3 Å². The summed E-state index contributed by atoms with van der Waals surface area (Å²) in [5, 5.41) is 13.9. The van der Waals surface area contributed by atoms with Gasteiger partial charge < -0.3 is 9.72 Å². The van der Waals surface area contributed by atoms with Gasteiger partial charge >= 0.3 is 0 Å². The zero-order valence-electron chi connectivity index (χ0n) is 20.8. The van der Waals surface area contributed by atoms with Crippen molar-refractivity contribution in [3.63, 3.8) is 0 Å². The highest BCUT2D eigenvalue weighted by Gasteiger charge is 2.32. The highest BCUT2D eigenvalue weighted by atomic mass is 16.5. The van der Waals surface area contributed by atoms with Crippen LogP contribution in [0, 0.1) is 19.8 Å². The topological polar surface area (TPSA) is 88.9 Å². The summed E-state index contributed by atoms with van der Waals surface area (Å²) in [6, 6.07) is 13.8. The van der Waals surface area contributed by atoms with Gasteiger partial charge in [0.2, 0.25) is 0 Å². The van der Waals surface area contributed by atoms with Gasteiger partial charge in [0.1, 0.15) is 11.8 Å². The third-order valence-corrected chi connectivity index (χ3v) is 7.11. The zero-order chi connectivity index (χ0) is 24.5. The predicted molar refractivity (Wildman–Crippen MR) is 136 cm³/mol. The molecular weight excluding hydrogens is 440 g/mol. The third kappa shape index (κ3) is 4.71. The minimum Gasteiger partial charge on any atom is -0.497 e. The smallest absolute Gasteiger partial charge is 0.253 e. The fourth-order valence-corrected chi connectivity index (χ4v) is 5.10. The first kappa shape index (κ1) is 23.2. The Morgan fingerprint density at radius 3 is 2.57 bits per heavy atom. The number of ether oxygens (including phenoxy) is 1. The van der Waals surface area contributed by atoms with Crippen molar-refractivity contribution in [3.8, 4) is 5.75 Å². The standard InChI is InChI=1S/C27H32N6O2/c1-17-9-11-32(12-10-17)25(23-15-22-19(3)13-18(2)14-24(22)28-27(23)34)26-29-30-31-33(26)16-20-5-7-21(35-4)8-6-20/h5-8,13-15,17,25H,9-12,16H2,1-4H3,(H,28,34). The van der Waals surface area contributed by atoms with Gasteiger partial charge in [-0.15, -0.1) is 5.10 Å². The van der Waals surface area contributed by atoms with Crippen LogP contribution >= 0.6 is 0 Å². The number of nitrogens with one attached hydrogen (secondary N) is 1. The number of benzene rings is 2. The fourth-order valence-electron chi connectivity index (χ4n) is 5.10. The summed E-state index contributed by atoms with van der Waals surface area (Å²) in [6.07, 6.45) is 2.17. The summed E-state index contributed by atoms with van der Waals surface area (Å²) in [4.78, 5) is 19.0. The molecule has 0 bridgehead atoms. The van der Waals surface area contributed by atoms with Crippen molar-refractivity contribution >= 4 is 10.9 Å². The molecule has 1 atom stereocenters. The van der Waals surface area contributed by atoms with E-state index in [4.69, 9.17) is 4.74 Å². The number of likely N-dealkylation sites (tertiary alicyclic amines) is 1. The van der Waals surface area contributed by atoms with Crippen LogP contribution in [0.1, 0.15) is 53.9 Å². The third-order valence-electron chi connectivity index (χ3n) is 7.11. The lowest BCUT2D eigenvalue weighted by atomic mass is 9.94. The van der Waals surface area contributed by atoms with Crippen LogP contribution in [0.2, 0.25) is 0 Å². The maximum absolute atomic E-state index is 13.5. The zero-order valence-corrected chi connectivity index (χ0v) is 20.8. The second-order valence-electron chi connectivity index (χ2n) is 9.76. The molecular formula is C27H32N6O2. The Kier molecular flexibility index (Phi) is 6.38. The molecule has 0 amide bonds. The molecule has 1 N–H and O–H groups in total. The van der Waals surface area contributed by atoms with Crippen LogP contribution in [0.25, 0.3) is 10.9 Å². The molecule has 3 heterocycles. The van der Waals surface area contributed by atoms with Gasteiger partial charge in [-0.1, -0.05) is 25.1 Å². The van der Waals surface area contributed by atoms with Gasteiger partial charge in [0.25, 0.3) is 5.56 Å². The van der Waals surface area contributed by atoms with Gasteiger partial charge in [-0.2, -0.15) is 0 Å². The molecule has 182 valence electrons. The number of nitrogens with zero attached hydrogens (tertiary/aromatic N) is 5. The van der Waals surface area contributed by atoms with E-state index in [1.807, 2.05) is 48.0 Å². The lowest BCUT2D eigenvalue weighted by Gasteiger charge is -2.36. The summed E-state index contributed by atoms with van der Waals surface area (Å²) in [5.41, 5.74) is 4.78. The maximum Gasteiger partial charge on any atom is 0.253 e. The number of aromatic amines is 1. The van der Waals surface area contributed by atoms with Crippen LogP contribution in [-0.2, 0) is 6.54 Å². The van der Waals surface area contributed by atoms with Crippen LogP contribution in [0.4, 0.5) is 0 Å². The molecule has 2 aromatic heterocycles. The lowest BCUT2D eigenvalue weighted by molar-refractivity contribution is 0.149. The summed E-state index contributed by atoms with van der Waals surface area (Å²) in [5.74, 6) is 2.16. The lowest BCUT2D eigenvalue weighted by Crippen LogP contribution is -2.40. The van der Waals surface area contributed by atoms with E-state index in [9.17, 15) is 4.79 Å². The summed E-state index contributed by atoms with van der Waals surface area (Å²) in [6.45, 7) is 8.72. The quantitative estimate of drug-likeness (QED) is 0.456. The van der Waals surface area contributed by atoms with Crippen LogP contribution in [0.5, 0.6) is 5.75 Å². The Balaban J connectivity index is 1.60. The van der Waals surface area contributed by atoms with E-state index in [1.54, 1.807) is 7.11 Å². The van der Waals surface area contributed by atoms with Crippen LogP contribution in [0.15, 0.2) is 47.3 Å². The minimum absolute atomic E-state index is 0.0925. The van der Waals surface area contributed by atoms with Crippen molar-refractivity contribution in [3.05, 3.63) is 80.9 Å². The highest BCUT2D eigenvalue weighted by molar-refractivity contribution is 5.83. The van der Waals surface area contributed by atoms with E-state index in [2.05, 4.69) is 45.3 Å². The van der Waals surface area contributed by atoms with Crippen molar-refractivity contribution in [2.75, 3.05) is 20.2 Å². The van der Waals surface area contributed by atoms with Crippen LogP contribution < -0.4 is 10.3 Å². The number of aromatic nitrogens is 5. The SMILES string of the molecule is COc1ccc(Cn2nnnc2C(c2cc3c(C)cc(C)cc3[nH]c2=O)N2CCC(C)CC2)cc1. The molecule has 1 aliphatic rings. The van der Waals surface area contributed by atoms with Crippen LogP contribution in [0.3, 0.4) is 0 Å². The molecule has 1 fully saturated rings. The molecule has 0 radical (unpaired) electrons. The van der Waals surface area contributed by atoms with E-state index in [0.29, 0.717) is 23.9 Å². The number of pyridine rings is 1. The Hall–Kier alpha value is -3.52.